The zero-order valence-electron chi connectivity index (χ0n) is 6.66. The van der Waals surface area contributed by atoms with Crippen molar-refractivity contribution in [2.45, 2.75) is 38.1 Å². The average Bonchev–Trinajstić information content (AvgIpc) is 1.87. The smallest absolute Gasteiger partial charge is 0.266 e. The van der Waals surface area contributed by atoms with Crippen molar-refractivity contribution in [2.24, 2.45) is 0 Å². The molecule has 0 rings (SSSR count). The second kappa shape index (κ2) is 3.30. The fraction of sp³-hybridized carbons (Fsp3) is 0.857. The normalized spacial score (nSPS) is 17.5. The minimum Gasteiger partial charge on any atom is -0.384 e. The van der Waals surface area contributed by atoms with Crippen LogP contribution in [0.4, 0.5) is 0 Å². The summed E-state index contributed by atoms with van der Waals surface area (Å²) in [6.07, 6.45) is 1.66. The van der Waals surface area contributed by atoms with Gasteiger partial charge < -0.3 is 15.3 Å². The van der Waals surface area contributed by atoms with Crippen LogP contribution in [0.1, 0.15) is 26.7 Å². The molecule has 0 heterocycles. The predicted molar refractivity (Wildman–Crippen MR) is 38.4 cm³/mol. The lowest BCUT2D eigenvalue weighted by Crippen LogP contribution is -2.53. The Kier molecular flexibility index (Phi) is 3.16. The van der Waals surface area contributed by atoms with Gasteiger partial charge in [0.2, 0.25) is 0 Å². The van der Waals surface area contributed by atoms with E-state index in [9.17, 15) is 9.90 Å². The van der Waals surface area contributed by atoms with Gasteiger partial charge in [0.25, 0.3) is 12.1 Å². The van der Waals surface area contributed by atoms with Crippen LogP contribution in [0.2, 0.25) is 0 Å². The lowest BCUT2D eigenvalue weighted by Gasteiger charge is -2.31. The predicted octanol–water partition coefficient (Wildman–Crippen LogP) is -0.672. The molecule has 4 nitrogen and oxygen atoms in total. The third kappa shape index (κ3) is 2.25. The van der Waals surface area contributed by atoms with Gasteiger partial charge in [0.15, 0.2) is 0 Å². The zero-order chi connectivity index (χ0) is 9.12. The van der Waals surface area contributed by atoms with Crippen molar-refractivity contribution < 1.29 is 20.1 Å². The van der Waals surface area contributed by atoms with Gasteiger partial charge in [0.1, 0.15) is 5.60 Å². The molecule has 1 unspecified atom stereocenters. The quantitative estimate of drug-likeness (QED) is 0.478. The van der Waals surface area contributed by atoms with Crippen molar-refractivity contribution >= 4 is 6.29 Å². The first-order chi connectivity index (χ1) is 4.87. The van der Waals surface area contributed by atoms with Crippen molar-refractivity contribution in [3.63, 3.8) is 0 Å². The maximum Gasteiger partial charge on any atom is 0.266 e. The summed E-state index contributed by atoms with van der Waals surface area (Å²) in [5.74, 6) is -2.76. The van der Waals surface area contributed by atoms with Crippen LogP contribution in [-0.2, 0) is 4.79 Å². The molecule has 3 N–H and O–H groups in total. The first-order valence-electron chi connectivity index (χ1n) is 3.44. The monoisotopic (exact) mass is 161 g/mol. The van der Waals surface area contributed by atoms with Crippen molar-refractivity contribution in [1.29, 1.82) is 0 Å². The molecule has 0 bridgehead atoms. The Morgan fingerprint density at radius 1 is 1.36 bits per heavy atom. The fourth-order valence-electron chi connectivity index (χ4n) is 0.771. The molecule has 0 aromatic rings. The summed E-state index contributed by atoms with van der Waals surface area (Å²) in [4.78, 5) is 9.96. The van der Waals surface area contributed by atoms with E-state index in [4.69, 9.17) is 10.2 Å². The number of carbonyl (C=O) groups excluding carboxylic acids is 1. The third-order valence-corrected chi connectivity index (χ3v) is 1.63. The molecular formula is C7H13O4. The summed E-state index contributed by atoms with van der Waals surface area (Å²) in [6.45, 7) is 2.94. The van der Waals surface area contributed by atoms with E-state index in [0.717, 1.165) is 6.29 Å². The zero-order valence-corrected chi connectivity index (χ0v) is 6.66. The van der Waals surface area contributed by atoms with Gasteiger partial charge in [-0.3, -0.25) is 4.79 Å². The van der Waals surface area contributed by atoms with Gasteiger partial charge in [-0.15, -0.1) is 0 Å². The summed E-state index contributed by atoms with van der Waals surface area (Å²) < 4.78 is 0. The molecule has 1 radical (unpaired) electrons. The minimum absolute atomic E-state index is 0.134. The van der Waals surface area contributed by atoms with E-state index in [1.165, 1.54) is 6.92 Å². The van der Waals surface area contributed by atoms with Gasteiger partial charge in [0, 0.05) is 0 Å². The number of hydrogen-bond donors (Lipinski definition) is 3. The van der Waals surface area contributed by atoms with Crippen molar-refractivity contribution in [2.75, 3.05) is 0 Å². The topological polar surface area (TPSA) is 77.8 Å². The average molecular weight is 161 g/mol. The number of hydrogen-bond acceptors (Lipinski definition) is 4. The molecule has 0 saturated heterocycles. The van der Waals surface area contributed by atoms with Crippen molar-refractivity contribution in [3.05, 3.63) is 0 Å². The van der Waals surface area contributed by atoms with Crippen LogP contribution in [0.3, 0.4) is 0 Å². The lowest BCUT2D eigenvalue weighted by atomic mass is 9.91. The van der Waals surface area contributed by atoms with Gasteiger partial charge in [0.05, 0.1) is 0 Å². The van der Waals surface area contributed by atoms with E-state index in [-0.39, 0.29) is 6.42 Å². The van der Waals surface area contributed by atoms with Crippen molar-refractivity contribution in [1.82, 2.24) is 0 Å². The Morgan fingerprint density at radius 3 is 2.09 bits per heavy atom. The molecule has 0 saturated carbocycles. The molecule has 0 fully saturated rings. The van der Waals surface area contributed by atoms with E-state index in [1.54, 1.807) is 6.92 Å². The van der Waals surface area contributed by atoms with E-state index in [2.05, 4.69) is 0 Å². The molecular weight excluding hydrogens is 148 g/mol. The number of rotatable bonds is 4. The molecule has 0 aromatic carbocycles. The third-order valence-electron chi connectivity index (χ3n) is 1.63. The molecule has 4 heteroatoms. The minimum atomic E-state index is -2.76. The maximum absolute atomic E-state index is 9.96. The standard InChI is InChI=1S/C7H13O4/c1-3-4-6(2,9)7(10,11)5-8/h9-11H,3-4H2,1-2H3. The molecule has 0 aromatic heterocycles. The van der Waals surface area contributed by atoms with Crippen LogP contribution in [0.5, 0.6) is 0 Å². The Balaban J connectivity index is 4.38. The Bertz CT molecular complexity index is 139. The van der Waals surface area contributed by atoms with E-state index in [0.29, 0.717) is 6.42 Å². The summed E-state index contributed by atoms with van der Waals surface area (Å²) in [6, 6.07) is 0. The number of aliphatic hydroxyl groups is 3. The van der Waals surface area contributed by atoms with Gasteiger partial charge in [-0.2, -0.15) is 0 Å². The first-order valence-corrected chi connectivity index (χ1v) is 3.44. The lowest BCUT2D eigenvalue weighted by molar-refractivity contribution is -0.223. The van der Waals surface area contributed by atoms with Gasteiger partial charge in [-0.1, -0.05) is 13.3 Å². The van der Waals surface area contributed by atoms with Crippen LogP contribution in [0.15, 0.2) is 0 Å². The van der Waals surface area contributed by atoms with Gasteiger partial charge >= 0.3 is 0 Å². The SMILES string of the molecule is CCCC(C)(O)C(O)(O)[C]=O. The molecule has 0 amide bonds. The highest BCUT2D eigenvalue weighted by Crippen LogP contribution is 2.22. The van der Waals surface area contributed by atoms with Crippen LogP contribution in [-0.4, -0.2) is 33.0 Å². The van der Waals surface area contributed by atoms with Crippen molar-refractivity contribution in [3.8, 4) is 0 Å². The molecule has 0 spiro atoms. The van der Waals surface area contributed by atoms with Crippen LogP contribution in [0.25, 0.3) is 0 Å². The van der Waals surface area contributed by atoms with E-state index in [1.807, 2.05) is 0 Å². The highest BCUT2D eigenvalue weighted by atomic mass is 16.5. The first kappa shape index (κ1) is 10.6. The molecule has 0 aliphatic heterocycles. The van der Waals surface area contributed by atoms with E-state index < -0.39 is 11.4 Å². The highest BCUT2D eigenvalue weighted by Gasteiger charge is 2.44. The summed E-state index contributed by atoms with van der Waals surface area (Å²) in [5.41, 5.74) is -1.82. The summed E-state index contributed by atoms with van der Waals surface area (Å²) in [5, 5.41) is 27.0. The largest absolute Gasteiger partial charge is 0.384 e. The van der Waals surface area contributed by atoms with Crippen LogP contribution < -0.4 is 0 Å². The molecule has 0 aliphatic carbocycles. The molecule has 65 valence electrons. The molecule has 11 heavy (non-hydrogen) atoms. The highest BCUT2D eigenvalue weighted by molar-refractivity contribution is 5.62. The molecule has 0 aliphatic rings. The van der Waals surface area contributed by atoms with Crippen LogP contribution in [0, 0.1) is 0 Å². The summed E-state index contributed by atoms with van der Waals surface area (Å²) in [7, 11) is 0. The van der Waals surface area contributed by atoms with Gasteiger partial charge in [-0.25, -0.2) is 0 Å². The Hall–Kier alpha value is -0.450. The van der Waals surface area contributed by atoms with Gasteiger partial charge in [-0.05, 0) is 13.3 Å². The second-order valence-electron chi connectivity index (χ2n) is 2.80. The van der Waals surface area contributed by atoms with E-state index >= 15 is 0 Å². The molecule has 1 atom stereocenters. The second-order valence-corrected chi connectivity index (χ2v) is 2.80. The maximum atomic E-state index is 9.96. The summed E-state index contributed by atoms with van der Waals surface area (Å²) >= 11 is 0. The van der Waals surface area contributed by atoms with Crippen LogP contribution >= 0.6 is 0 Å². The fourth-order valence-corrected chi connectivity index (χ4v) is 0.771. The Morgan fingerprint density at radius 2 is 1.82 bits per heavy atom. The Labute approximate surface area is 65.5 Å².